The van der Waals surface area contributed by atoms with Crippen molar-refractivity contribution in [3.05, 3.63) is 12.2 Å². The molecule has 4 heteroatoms. The number of hydrogen-bond acceptors (Lipinski definition) is 3. The number of carbonyl (C=O) groups is 1. The van der Waals surface area contributed by atoms with Crippen LogP contribution in [0, 0.1) is 0 Å². The Morgan fingerprint density at radius 1 is 1.32 bits per heavy atom. The number of nitrogens with one attached hydrogen (secondary N) is 1. The van der Waals surface area contributed by atoms with Crippen LogP contribution in [0.4, 0.5) is 4.79 Å². The van der Waals surface area contributed by atoms with E-state index in [9.17, 15) is 4.79 Å². The molecule has 1 fully saturated rings. The fourth-order valence-electron chi connectivity index (χ4n) is 2.36. The average molecular weight is 268 g/mol. The Morgan fingerprint density at radius 3 is 2.37 bits per heavy atom. The third kappa shape index (κ3) is 6.10. The van der Waals surface area contributed by atoms with E-state index in [1.807, 2.05) is 33.8 Å². The largest absolute Gasteiger partial charge is 0.444 e. The van der Waals surface area contributed by atoms with Gasteiger partial charge in [-0.15, -0.1) is 0 Å². The van der Waals surface area contributed by atoms with Gasteiger partial charge < -0.3 is 15.8 Å². The van der Waals surface area contributed by atoms with Crippen LogP contribution in [0.25, 0.3) is 0 Å². The molecule has 0 heterocycles. The number of amides is 1. The number of nitrogens with two attached hydrogens (primary N) is 1. The summed E-state index contributed by atoms with van der Waals surface area (Å²) in [6.45, 7) is 7.55. The van der Waals surface area contributed by atoms with Gasteiger partial charge in [-0.05, 0) is 40.5 Å². The normalized spacial score (nSPS) is 21.1. The lowest BCUT2D eigenvalue weighted by Gasteiger charge is -2.36. The molecule has 1 unspecified atom stereocenters. The Hall–Kier alpha value is -1.03. The zero-order chi connectivity index (χ0) is 14.5. The summed E-state index contributed by atoms with van der Waals surface area (Å²) in [6, 6.07) is -0.000706. The summed E-state index contributed by atoms with van der Waals surface area (Å²) >= 11 is 0. The standard InChI is InChI=1S/C15H28N2O2/c1-12(16)8-11-15(9-6-5-7-10-15)17-13(18)19-14(2,3)4/h8,11-12H,5-7,9-10,16H2,1-4H3,(H,17,18)/b11-8+. The molecule has 110 valence electrons. The van der Waals surface area contributed by atoms with Crippen LogP contribution in [-0.4, -0.2) is 23.3 Å². The maximum absolute atomic E-state index is 12.0. The molecule has 19 heavy (non-hydrogen) atoms. The van der Waals surface area contributed by atoms with Crippen molar-refractivity contribution in [2.45, 2.75) is 77.0 Å². The van der Waals surface area contributed by atoms with E-state index in [0.717, 1.165) is 25.7 Å². The summed E-state index contributed by atoms with van der Waals surface area (Å²) in [5.74, 6) is 0. The second-order valence-corrected chi connectivity index (χ2v) is 6.56. The summed E-state index contributed by atoms with van der Waals surface area (Å²) in [4.78, 5) is 12.0. The van der Waals surface area contributed by atoms with Gasteiger partial charge in [0.1, 0.15) is 5.60 Å². The van der Waals surface area contributed by atoms with Crippen LogP contribution >= 0.6 is 0 Å². The van der Waals surface area contributed by atoms with Crippen molar-refractivity contribution in [1.82, 2.24) is 5.32 Å². The van der Waals surface area contributed by atoms with Gasteiger partial charge in [-0.3, -0.25) is 0 Å². The van der Waals surface area contributed by atoms with E-state index < -0.39 is 5.60 Å². The van der Waals surface area contributed by atoms with Crippen LogP contribution in [0.3, 0.4) is 0 Å². The minimum absolute atomic E-state index is 0.000706. The van der Waals surface area contributed by atoms with Crippen LogP contribution < -0.4 is 11.1 Å². The Labute approximate surface area is 116 Å². The van der Waals surface area contributed by atoms with Crippen molar-refractivity contribution in [2.75, 3.05) is 0 Å². The summed E-state index contributed by atoms with van der Waals surface area (Å²) in [7, 11) is 0. The van der Waals surface area contributed by atoms with Crippen molar-refractivity contribution in [2.24, 2.45) is 5.73 Å². The molecule has 1 aliphatic rings. The third-order valence-electron chi connectivity index (χ3n) is 3.21. The second kappa shape index (κ2) is 6.42. The lowest BCUT2D eigenvalue weighted by Crippen LogP contribution is -2.50. The minimum Gasteiger partial charge on any atom is -0.444 e. The molecular weight excluding hydrogens is 240 g/mol. The van der Waals surface area contributed by atoms with Crippen molar-refractivity contribution in [3.8, 4) is 0 Å². The SMILES string of the molecule is CC(N)/C=C/C1(NC(=O)OC(C)(C)C)CCCCC1. The number of carbonyl (C=O) groups excluding carboxylic acids is 1. The first-order chi connectivity index (χ1) is 8.72. The highest BCUT2D eigenvalue weighted by Crippen LogP contribution is 2.30. The van der Waals surface area contributed by atoms with Gasteiger partial charge in [0.25, 0.3) is 0 Å². The van der Waals surface area contributed by atoms with Crippen LogP contribution in [0.2, 0.25) is 0 Å². The van der Waals surface area contributed by atoms with Crippen LogP contribution in [0.5, 0.6) is 0 Å². The highest BCUT2D eigenvalue weighted by atomic mass is 16.6. The number of hydrogen-bond donors (Lipinski definition) is 2. The molecule has 1 aliphatic carbocycles. The quantitative estimate of drug-likeness (QED) is 0.773. The Balaban J connectivity index is 2.72. The zero-order valence-electron chi connectivity index (χ0n) is 12.7. The predicted octanol–water partition coefficient (Wildman–Crippen LogP) is 3.12. The predicted molar refractivity (Wildman–Crippen MR) is 78.0 cm³/mol. The molecule has 0 aliphatic heterocycles. The summed E-state index contributed by atoms with van der Waals surface area (Å²) in [5, 5.41) is 3.04. The van der Waals surface area contributed by atoms with E-state index in [0.29, 0.717) is 0 Å². The molecule has 0 aromatic rings. The van der Waals surface area contributed by atoms with Gasteiger partial charge >= 0.3 is 6.09 Å². The minimum atomic E-state index is -0.467. The van der Waals surface area contributed by atoms with Crippen molar-refractivity contribution < 1.29 is 9.53 Å². The van der Waals surface area contributed by atoms with Crippen molar-refractivity contribution >= 4 is 6.09 Å². The Morgan fingerprint density at radius 2 is 1.89 bits per heavy atom. The van der Waals surface area contributed by atoms with Gasteiger partial charge in [0.2, 0.25) is 0 Å². The van der Waals surface area contributed by atoms with Gasteiger partial charge in [-0.1, -0.05) is 31.4 Å². The maximum atomic E-state index is 12.0. The van der Waals surface area contributed by atoms with Crippen LogP contribution in [-0.2, 0) is 4.74 Å². The average Bonchev–Trinajstić information content (AvgIpc) is 2.25. The molecule has 0 aromatic carbocycles. The Kier molecular flexibility index (Phi) is 5.41. The van der Waals surface area contributed by atoms with Gasteiger partial charge in [0.15, 0.2) is 0 Å². The van der Waals surface area contributed by atoms with Gasteiger partial charge in [-0.25, -0.2) is 4.79 Å². The molecule has 1 amide bonds. The number of alkyl carbamates (subject to hydrolysis) is 1. The number of ether oxygens (including phenoxy) is 1. The molecule has 1 atom stereocenters. The summed E-state index contributed by atoms with van der Waals surface area (Å²) < 4.78 is 5.36. The number of rotatable bonds is 3. The lowest BCUT2D eigenvalue weighted by molar-refractivity contribution is 0.0457. The highest BCUT2D eigenvalue weighted by Gasteiger charge is 2.32. The van der Waals surface area contributed by atoms with Crippen molar-refractivity contribution in [3.63, 3.8) is 0 Å². The fourth-order valence-corrected chi connectivity index (χ4v) is 2.36. The van der Waals surface area contributed by atoms with Gasteiger partial charge in [0.05, 0.1) is 5.54 Å². The van der Waals surface area contributed by atoms with E-state index in [1.165, 1.54) is 6.42 Å². The molecule has 0 radical (unpaired) electrons. The van der Waals surface area contributed by atoms with Crippen molar-refractivity contribution in [1.29, 1.82) is 0 Å². The maximum Gasteiger partial charge on any atom is 0.408 e. The van der Waals surface area contributed by atoms with Crippen LogP contribution in [0.1, 0.15) is 59.8 Å². The molecular formula is C15H28N2O2. The van der Waals surface area contributed by atoms with Gasteiger partial charge in [-0.2, -0.15) is 0 Å². The molecule has 1 saturated carbocycles. The summed E-state index contributed by atoms with van der Waals surface area (Å²) in [6.07, 6.45) is 9.06. The molecule has 0 spiro atoms. The molecule has 1 rings (SSSR count). The van der Waals surface area contributed by atoms with E-state index in [4.69, 9.17) is 10.5 Å². The monoisotopic (exact) mass is 268 g/mol. The fraction of sp³-hybridized carbons (Fsp3) is 0.800. The van der Waals surface area contributed by atoms with E-state index in [1.54, 1.807) is 0 Å². The van der Waals surface area contributed by atoms with E-state index >= 15 is 0 Å². The molecule has 0 saturated heterocycles. The highest BCUT2D eigenvalue weighted by molar-refractivity contribution is 5.69. The van der Waals surface area contributed by atoms with E-state index in [-0.39, 0.29) is 17.7 Å². The van der Waals surface area contributed by atoms with Gasteiger partial charge in [0, 0.05) is 6.04 Å². The molecule has 0 bridgehead atoms. The smallest absolute Gasteiger partial charge is 0.408 e. The first kappa shape index (κ1) is 16.0. The van der Waals surface area contributed by atoms with Crippen LogP contribution in [0.15, 0.2) is 12.2 Å². The zero-order valence-corrected chi connectivity index (χ0v) is 12.7. The lowest BCUT2D eigenvalue weighted by atomic mass is 9.81. The molecule has 0 aromatic heterocycles. The second-order valence-electron chi connectivity index (χ2n) is 6.56. The first-order valence-corrected chi connectivity index (χ1v) is 7.19. The third-order valence-corrected chi connectivity index (χ3v) is 3.21. The molecule has 4 nitrogen and oxygen atoms in total. The topological polar surface area (TPSA) is 64.3 Å². The first-order valence-electron chi connectivity index (χ1n) is 7.19. The molecule has 3 N–H and O–H groups in total. The van der Waals surface area contributed by atoms with E-state index in [2.05, 4.69) is 11.4 Å². The Bertz CT molecular complexity index is 324. The summed E-state index contributed by atoms with van der Waals surface area (Å²) in [5.41, 5.74) is 5.02.